The zero-order valence-corrected chi connectivity index (χ0v) is 13.4. The number of amides is 1. The van der Waals surface area contributed by atoms with Crippen molar-refractivity contribution in [1.29, 1.82) is 0 Å². The van der Waals surface area contributed by atoms with Crippen LogP contribution in [0.3, 0.4) is 0 Å². The third kappa shape index (κ3) is 4.27. The molecular weight excluding hydrogens is 368 g/mol. The number of halogens is 6. The Labute approximate surface area is 143 Å². The average molecular weight is 381 g/mol. The molecule has 0 aliphatic carbocycles. The molecule has 2 N–H and O–H groups in total. The van der Waals surface area contributed by atoms with E-state index in [2.05, 4.69) is 5.10 Å². The van der Waals surface area contributed by atoms with Gasteiger partial charge in [-0.1, -0.05) is 12.1 Å². The Morgan fingerprint density at radius 1 is 1.19 bits per heavy atom. The lowest BCUT2D eigenvalue weighted by Crippen LogP contribution is -2.32. The summed E-state index contributed by atoms with van der Waals surface area (Å²) in [5, 5.41) is 7.18. The van der Waals surface area contributed by atoms with Crippen LogP contribution in [0.1, 0.15) is 28.7 Å². The fourth-order valence-electron chi connectivity index (χ4n) is 1.99. The zero-order chi connectivity index (χ0) is 19.7. The van der Waals surface area contributed by atoms with Crippen LogP contribution < -0.4 is 10.1 Å². The number of nitrogens with one attached hydrogen (secondary N) is 2. The number of aromatic nitrogens is 2. The molecule has 1 atom stereocenters. The van der Waals surface area contributed by atoms with E-state index in [1.54, 1.807) is 5.10 Å². The number of alkyl halides is 6. The van der Waals surface area contributed by atoms with Crippen molar-refractivity contribution >= 4 is 11.6 Å². The predicted molar refractivity (Wildman–Crippen MR) is 78.9 cm³/mol. The van der Waals surface area contributed by atoms with Gasteiger partial charge in [-0.3, -0.25) is 9.89 Å². The molecule has 2 aromatic rings. The van der Waals surface area contributed by atoms with Gasteiger partial charge in [0.15, 0.2) is 11.8 Å². The maximum absolute atomic E-state index is 12.9. The zero-order valence-electron chi connectivity index (χ0n) is 13.4. The van der Waals surface area contributed by atoms with Crippen molar-refractivity contribution in [2.75, 3.05) is 5.32 Å². The van der Waals surface area contributed by atoms with Crippen LogP contribution >= 0.6 is 0 Å². The monoisotopic (exact) mass is 381 g/mol. The summed E-state index contributed by atoms with van der Waals surface area (Å²) in [6.45, 7) is 1.98. The molecule has 142 valence electrons. The number of hydrogen-bond donors (Lipinski definition) is 2. The lowest BCUT2D eigenvalue weighted by Gasteiger charge is -2.19. The Hall–Kier alpha value is -2.72. The summed E-state index contributed by atoms with van der Waals surface area (Å²) in [7, 11) is 0. The van der Waals surface area contributed by atoms with E-state index < -0.39 is 41.5 Å². The standard InChI is InChI=1S/C15H13F6N3O2/c1-7-11(12(24-23-7)15(19,20)21)22-13(25)9-5-3-4-6-10(9)26-8(2)14(16,17)18/h3-6,8H,1-2H3,(H,22,25)(H,23,24)/t8-/m0/s1. The molecule has 0 bridgehead atoms. The van der Waals surface area contributed by atoms with Crippen molar-refractivity contribution in [2.24, 2.45) is 0 Å². The molecule has 26 heavy (non-hydrogen) atoms. The molecule has 0 saturated heterocycles. The number of aromatic amines is 1. The highest BCUT2D eigenvalue weighted by atomic mass is 19.4. The van der Waals surface area contributed by atoms with Gasteiger partial charge in [-0.15, -0.1) is 0 Å². The van der Waals surface area contributed by atoms with Crippen molar-refractivity contribution in [3.63, 3.8) is 0 Å². The number of hydrogen-bond acceptors (Lipinski definition) is 3. The van der Waals surface area contributed by atoms with Crippen LogP contribution in [0, 0.1) is 6.92 Å². The van der Waals surface area contributed by atoms with Gasteiger partial charge < -0.3 is 10.1 Å². The number of carbonyl (C=O) groups excluding carboxylic acids is 1. The molecule has 0 saturated carbocycles. The molecule has 0 unspecified atom stereocenters. The number of carbonyl (C=O) groups is 1. The third-order valence-corrected chi connectivity index (χ3v) is 3.37. The molecule has 0 fully saturated rings. The maximum atomic E-state index is 12.9. The van der Waals surface area contributed by atoms with Crippen LogP contribution in [0.5, 0.6) is 5.75 Å². The van der Waals surface area contributed by atoms with Crippen LogP contribution in [0.2, 0.25) is 0 Å². The molecule has 0 radical (unpaired) electrons. The van der Waals surface area contributed by atoms with E-state index in [0.29, 0.717) is 0 Å². The number of rotatable bonds is 4. The SMILES string of the molecule is Cc1n[nH]c(C(F)(F)F)c1NC(=O)c1ccccc1O[C@@H](C)C(F)(F)F. The van der Waals surface area contributed by atoms with Gasteiger partial charge in [-0.25, -0.2) is 0 Å². The van der Waals surface area contributed by atoms with Crippen LogP contribution in [-0.4, -0.2) is 28.4 Å². The van der Waals surface area contributed by atoms with Gasteiger partial charge in [0.25, 0.3) is 5.91 Å². The fourth-order valence-corrected chi connectivity index (χ4v) is 1.99. The van der Waals surface area contributed by atoms with E-state index in [1.807, 2.05) is 5.32 Å². The minimum Gasteiger partial charge on any atom is -0.480 e. The normalized spacial score (nSPS) is 13.4. The number of para-hydroxylation sites is 1. The van der Waals surface area contributed by atoms with Crippen LogP contribution in [-0.2, 0) is 6.18 Å². The Morgan fingerprint density at radius 2 is 1.81 bits per heavy atom. The molecule has 0 spiro atoms. The molecule has 2 rings (SSSR count). The molecule has 5 nitrogen and oxygen atoms in total. The number of nitrogens with zero attached hydrogens (tertiary/aromatic N) is 1. The molecule has 1 heterocycles. The fraction of sp³-hybridized carbons (Fsp3) is 0.333. The highest BCUT2D eigenvalue weighted by Gasteiger charge is 2.39. The molecule has 1 amide bonds. The maximum Gasteiger partial charge on any atom is 0.434 e. The number of anilines is 1. The highest BCUT2D eigenvalue weighted by Crippen LogP contribution is 2.35. The van der Waals surface area contributed by atoms with Gasteiger partial charge in [-0.2, -0.15) is 31.4 Å². The largest absolute Gasteiger partial charge is 0.480 e. The first-order valence-electron chi connectivity index (χ1n) is 7.17. The minimum atomic E-state index is -4.80. The second-order valence-electron chi connectivity index (χ2n) is 5.31. The van der Waals surface area contributed by atoms with Crippen molar-refractivity contribution < 1.29 is 35.9 Å². The van der Waals surface area contributed by atoms with E-state index in [-0.39, 0.29) is 11.3 Å². The Morgan fingerprint density at radius 3 is 2.38 bits per heavy atom. The summed E-state index contributed by atoms with van der Waals surface area (Å²) < 4.78 is 81.5. The molecule has 1 aromatic heterocycles. The van der Waals surface area contributed by atoms with Crippen LogP contribution in [0.4, 0.5) is 32.0 Å². The van der Waals surface area contributed by atoms with Gasteiger partial charge in [0.2, 0.25) is 0 Å². The van der Waals surface area contributed by atoms with Crippen molar-refractivity contribution in [3.05, 3.63) is 41.2 Å². The van der Waals surface area contributed by atoms with E-state index in [9.17, 15) is 31.1 Å². The van der Waals surface area contributed by atoms with Crippen molar-refractivity contribution in [1.82, 2.24) is 10.2 Å². The van der Waals surface area contributed by atoms with Gasteiger partial charge in [0.1, 0.15) is 5.75 Å². The van der Waals surface area contributed by atoms with E-state index in [0.717, 1.165) is 19.1 Å². The van der Waals surface area contributed by atoms with Crippen molar-refractivity contribution in [2.45, 2.75) is 32.3 Å². The summed E-state index contributed by atoms with van der Waals surface area (Å²) >= 11 is 0. The topological polar surface area (TPSA) is 67.0 Å². The first-order valence-corrected chi connectivity index (χ1v) is 7.17. The summed E-state index contributed by atoms with van der Waals surface area (Å²) in [5.41, 5.74) is -2.36. The Bertz CT molecular complexity index is 797. The predicted octanol–water partition coefficient (Wildman–Crippen LogP) is 4.32. The van der Waals surface area contributed by atoms with E-state index in [1.165, 1.54) is 19.1 Å². The quantitative estimate of drug-likeness (QED) is 0.776. The molecule has 11 heteroatoms. The van der Waals surface area contributed by atoms with Gasteiger partial charge in [-0.05, 0) is 26.0 Å². The summed E-state index contributed by atoms with van der Waals surface area (Å²) in [6.07, 6.45) is -11.7. The van der Waals surface area contributed by atoms with Gasteiger partial charge >= 0.3 is 12.4 Å². The number of benzene rings is 1. The molecular formula is C15H13F6N3O2. The first kappa shape index (κ1) is 19.6. The summed E-state index contributed by atoms with van der Waals surface area (Å²) in [6, 6.07) is 4.92. The Kier molecular flexibility index (Phi) is 5.19. The summed E-state index contributed by atoms with van der Waals surface area (Å²) in [4.78, 5) is 12.3. The Balaban J connectivity index is 2.31. The second-order valence-corrected chi connectivity index (χ2v) is 5.31. The molecule has 1 aromatic carbocycles. The number of ether oxygens (including phenoxy) is 1. The highest BCUT2D eigenvalue weighted by molar-refractivity contribution is 6.06. The van der Waals surface area contributed by atoms with Gasteiger partial charge in [0, 0.05) is 0 Å². The van der Waals surface area contributed by atoms with E-state index in [4.69, 9.17) is 4.74 Å². The van der Waals surface area contributed by atoms with Crippen molar-refractivity contribution in [3.8, 4) is 5.75 Å². The number of H-pyrrole nitrogens is 1. The lowest BCUT2D eigenvalue weighted by molar-refractivity contribution is -0.189. The van der Waals surface area contributed by atoms with Crippen LogP contribution in [0.15, 0.2) is 24.3 Å². The number of aryl methyl sites for hydroxylation is 1. The summed E-state index contributed by atoms with van der Waals surface area (Å²) in [5.74, 6) is -1.48. The molecule has 0 aliphatic heterocycles. The van der Waals surface area contributed by atoms with Crippen LogP contribution in [0.25, 0.3) is 0 Å². The average Bonchev–Trinajstić information content (AvgIpc) is 2.88. The second kappa shape index (κ2) is 6.89. The smallest absolute Gasteiger partial charge is 0.434 e. The lowest BCUT2D eigenvalue weighted by atomic mass is 10.1. The first-order chi connectivity index (χ1) is 11.9. The third-order valence-electron chi connectivity index (χ3n) is 3.37. The van der Waals surface area contributed by atoms with E-state index >= 15 is 0 Å². The molecule has 0 aliphatic rings. The minimum absolute atomic E-state index is 0.132. The van der Waals surface area contributed by atoms with Gasteiger partial charge in [0.05, 0.1) is 16.9 Å².